The van der Waals surface area contributed by atoms with E-state index in [4.69, 9.17) is 23.7 Å². The summed E-state index contributed by atoms with van der Waals surface area (Å²) in [5.41, 5.74) is 1.98. The molecule has 0 saturated carbocycles. The molecule has 0 aliphatic carbocycles. The highest BCUT2D eigenvalue weighted by atomic mass is 16.6. The normalized spacial score (nSPS) is 21.0. The number of ether oxygens (including phenoxy) is 5. The van der Waals surface area contributed by atoms with Gasteiger partial charge in [-0.1, -0.05) is 42.5 Å². The van der Waals surface area contributed by atoms with Gasteiger partial charge in [-0.15, -0.1) is 0 Å². The predicted octanol–water partition coefficient (Wildman–Crippen LogP) is 3.25. The SMILES string of the molecule is COC(=O)[C@@H]1OC=C[C@@H](OCc2ccccc2)[C@@H]1OCc1ccc(OC)cc1. The molecule has 6 heteroatoms. The van der Waals surface area contributed by atoms with Gasteiger partial charge in [0.2, 0.25) is 6.10 Å². The molecule has 1 aliphatic rings. The quantitative estimate of drug-likeness (QED) is 0.651. The lowest BCUT2D eigenvalue weighted by molar-refractivity contribution is -0.174. The summed E-state index contributed by atoms with van der Waals surface area (Å²) in [5.74, 6) is 0.265. The van der Waals surface area contributed by atoms with E-state index in [1.54, 1.807) is 13.2 Å². The first kappa shape index (κ1) is 19.9. The van der Waals surface area contributed by atoms with Gasteiger partial charge in [0.25, 0.3) is 0 Å². The van der Waals surface area contributed by atoms with Gasteiger partial charge in [-0.3, -0.25) is 0 Å². The zero-order valence-corrected chi connectivity index (χ0v) is 15.9. The van der Waals surface area contributed by atoms with E-state index in [0.717, 1.165) is 16.9 Å². The minimum Gasteiger partial charge on any atom is -0.497 e. The van der Waals surface area contributed by atoms with Crippen molar-refractivity contribution < 1.29 is 28.5 Å². The molecule has 0 spiro atoms. The van der Waals surface area contributed by atoms with Crippen LogP contribution in [-0.4, -0.2) is 38.5 Å². The lowest BCUT2D eigenvalue weighted by Gasteiger charge is -2.33. The number of carbonyl (C=O) groups excluding carboxylic acids is 1. The molecule has 1 heterocycles. The van der Waals surface area contributed by atoms with Crippen molar-refractivity contribution in [2.45, 2.75) is 31.5 Å². The van der Waals surface area contributed by atoms with Gasteiger partial charge in [0.1, 0.15) is 18.0 Å². The second kappa shape index (κ2) is 9.92. The summed E-state index contributed by atoms with van der Waals surface area (Å²) in [7, 11) is 2.94. The number of rotatable bonds is 8. The number of methoxy groups -OCH3 is 2. The Kier molecular flexibility index (Phi) is 7.06. The fraction of sp³-hybridized carbons (Fsp3) is 0.318. The van der Waals surface area contributed by atoms with Gasteiger partial charge < -0.3 is 23.7 Å². The molecule has 0 aromatic heterocycles. The topological polar surface area (TPSA) is 63.2 Å². The Morgan fingerprint density at radius 2 is 1.61 bits per heavy atom. The van der Waals surface area contributed by atoms with Crippen molar-refractivity contribution in [3.8, 4) is 5.75 Å². The summed E-state index contributed by atoms with van der Waals surface area (Å²) in [6, 6.07) is 17.3. The van der Waals surface area contributed by atoms with Crippen LogP contribution in [0.15, 0.2) is 66.9 Å². The van der Waals surface area contributed by atoms with Crippen molar-refractivity contribution >= 4 is 5.97 Å². The Morgan fingerprint density at radius 3 is 2.29 bits per heavy atom. The number of hydrogen-bond donors (Lipinski definition) is 0. The molecule has 1 aliphatic heterocycles. The summed E-state index contributed by atoms with van der Waals surface area (Å²) in [5, 5.41) is 0. The fourth-order valence-electron chi connectivity index (χ4n) is 2.89. The fourth-order valence-corrected chi connectivity index (χ4v) is 2.89. The highest BCUT2D eigenvalue weighted by Gasteiger charge is 2.39. The number of hydrogen-bond acceptors (Lipinski definition) is 6. The molecule has 2 aromatic carbocycles. The van der Waals surface area contributed by atoms with Crippen LogP contribution in [0.2, 0.25) is 0 Å². The third-order valence-corrected chi connectivity index (χ3v) is 4.44. The van der Waals surface area contributed by atoms with E-state index < -0.39 is 24.3 Å². The average molecular weight is 384 g/mol. The minimum atomic E-state index is -0.894. The molecule has 0 fully saturated rings. The molecule has 2 aromatic rings. The molecule has 6 nitrogen and oxygen atoms in total. The number of esters is 1. The molecule has 3 rings (SSSR count). The monoisotopic (exact) mass is 384 g/mol. The first-order valence-electron chi connectivity index (χ1n) is 9.01. The van der Waals surface area contributed by atoms with Crippen molar-refractivity contribution in [2.24, 2.45) is 0 Å². The molecule has 0 saturated heterocycles. The van der Waals surface area contributed by atoms with Crippen molar-refractivity contribution in [3.63, 3.8) is 0 Å². The molecular weight excluding hydrogens is 360 g/mol. The third-order valence-electron chi connectivity index (χ3n) is 4.44. The first-order valence-corrected chi connectivity index (χ1v) is 9.01. The van der Waals surface area contributed by atoms with Crippen molar-refractivity contribution in [1.82, 2.24) is 0 Å². The van der Waals surface area contributed by atoms with Gasteiger partial charge in [-0.2, -0.15) is 0 Å². The maximum Gasteiger partial charge on any atom is 0.349 e. The minimum absolute atomic E-state index is 0.296. The summed E-state index contributed by atoms with van der Waals surface area (Å²) in [4.78, 5) is 12.2. The Morgan fingerprint density at radius 1 is 0.929 bits per heavy atom. The summed E-state index contributed by atoms with van der Waals surface area (Å²) >= 11 is 0. The van der Waals surface area contributed by atoms with E-state index in [1.165, 1.54) is 13.4 Å². The van der Waals surface area contributed by atoms with Gasteiger partial charge in [-0.25, -0.2) is 4.79 Å². The van der Waals surface area contributed by atoms with E-state index in [0.29, 0.717) is 13.2 Å². The van der Waals surface area contributed by atoms with Gasteiger partial charge in [0.05, 0.1) is 33.7 Å². The lowest BCUT2D eigenvalue weighted by atomic mass is 10.0. The zero-order valence-electron chi connectivity index (χ0n) is 15.9. The highest BCUT2D eigenvalue weighted by Crippen LogP contribution is 2.23. The maximum atomic E-state index is 12.2. The van der Waals surface area contributed by atoms with Gasteiger partial charge in [0.15, 0.2) is 0 Å². The van der Waals surface area contributed by atoms with Gasteiger partial charge in [-0.05, 0) is 29.3 Å². The zero-order chi connectivity index (χ0) is 19.8. The molecule has 0 unspecified atom stereocenters. The summed E-state index contributed by atoms with van der Waals surface area (Å²) < 4.78 is 27.5. The predicted molar refractivity (Wildman–Crippen MR) is 103 cm³/mol. The van der Waals surface area contributed by atoms with E-state index in [1.807, 2.05) is 54.6 Å². The van der Waals surface area contributed by atoms with Gasteiger partial charge in [0, 0.05) is 0 Å². The Labute approximate surface area is 164 Å². The highest BCUT2D eigenvalue weighted by molar-refractivity contribution is 5.75. The molecule has 3 atom stereocenters. The largest absolute Gasteiger partial charge is 0.497 e. The Hall–Kier alpha value is -2.83. The molecule has 148 valence electrons. The van der Waals surface area contributed by atoms with Crippen LogP contribution in [0.4, 0.5) is 0 Å². The summed E-state index contributed by atoms with van der Waals surface area (Å²) in [6.07, 6.45) is 1.24. The van der Waals surface area contributed by atoms with E-state index in [-0.39, 0.29) is 0 Å². The maximum absolute atomic E-state index is 12.2. The molecule has 0 N–H and O–H groups in total. The second-order valence-electron chi connectivity index (χ2n) is 6.29. The molecule has 28 heavy (non-hydrogen) atoms. The van der Waals surface area contributed by atoms with Crippen LogP contribution < -0.4 is 4.74 Å². The standard InChI is InChI=1S/C22H24O6/c1-24-18-10-8-17(9-11-18)15-28-20-19(12-13-26-21(20)22(23)25-2)27-14-16-6-4-3-5-7-16/h3-13,19-21H,14-15H2,1-2H3/t19-,20+,21-/m1/s1. The lowest BCUT2D eigenvalue weighted by Crippen LogP contribution is -2.48. The number of carbonyl (C=O) groups is 1. The molecule has 0 bridgehead atoms. The van der Waals surface area contributed by atoms with Gasteiger partial charge >= 0.3 is 5.97 Å². The Bertz CT molecular complexity index is 771. The van der Waals surface area contributed by atoms with Crippen LogP contribution in [0.1, 0.15) is 11.1 Å². The van der Waals surface area contributed by atoms with Crippen LogP contribution in [0.5, 0.6) is 5.75 Å². The smallest absolute Gasteiger partial charge is 0.349 e. The van der Waals surface area contributed by atoms with Crippen LogP contribution >= 0.6 is 0 Å². The Balaban J connectivity index is 1.69. The van der Waals surface area contributed by atoms with Crippen LogP contribution in [-0.2, 0) is 37.0 Å². The molecule has 0 radical (unpaired) electrons. The van der Waals surface area contributed by atoms with Crippen LogP contribution in [0, 0.1) is 0 Å². The summed E-state index contributed by atoms with van der Waals surface area (Å²) in [6.45, 7) is 0.691. The van der Waals surface area contributed by atoms with E-state index in [2.05, 4.69) is 0 Å². The van der Waals surface area contributed by atoms with Crippen molar-refractivity contribution in [3.05, 3.63) is 78.1 Å². The van der Waals surface area contributed by atoms with Crippen molar-refractivity contribution in [2.75, 3.05) is 14.2 Å². The van der Waals surface area contributed by atoms with Crippen molar-refractivity contribution in [1.29, 1.82) is 0 Å². The van der Waals surface area contributed by atoms with E-state index >= 15 is 0 Å². The third kappa shape index (κ3) is 5.12. The van der Waals surface area contributed by atoms with Crippen LogP contribution in [0.3, 0.4) is 0 Å². The second-order valence-corrected chi connectivity index (χ2v) is 6.29. The number of benzene rings is 2. The van der Waals surface area contributed by atoms with Crippen LogP contribution in [0.25, 0.3) is 0 Å². The average Bonchev–Trinajstić information content (AvgIpc) is 2.76. The van der Waals surface area contributed by atoms with E-state index in [9.17, 15) is 4.79 Å². The first-order chi connectivity index (χ1) is 13.7. The molecule has 0 amide bonds. The molecular formula is C22H24O6.